The molecule has 11 heteroatoms. The number of fused-ring (bicyclic) bond motifs is 1. The molecule has 6 rings (SSSR count). The summed E-state index contributed by atoms with van der Waals surface area (Å²) in [5, 5.41) is 3.88. The number of nitrogens with zero attached hydrogens (tertiary/aromatic N) is 3. The molecule has 1 spiro atoms. The number of aromatic nitrogens is 1. The first-order valence-corrected chi connectivity index (χ1v) is 17.7. The zero-order valence-corrected chi connectivity index (χ0v) is 27.8. The van der Waals surface area contributed by atoms with Gasteiger partial charge in [0.25, 0.3) is 15.9 Å². The molecule has 1 aromatic heterocycles. The Bertz CT molecular complexity index is 1780. The van der Waals surface area contributed by atoms with Crippen molar-refractivity contribution in [2.45, 2.75) is 96.2 Å². The number of aliphatic imine (C=N–C) groups is 1. The second-order valence-electron chi connectivity index (χ2n) is 12.9. The van der Waals surface area contributed by atoms with Gasteiger partial charge in [-0.3, -0.25) is 24.2 Å². The van der Waals surface area contributed by atoms with Crippen LogP contribution >= 0.6 is 0 Å². The minimum atomic E-state index is -4.02. The van der Waals surface area contributed by atoms with Crippen LogP contribution in [0.25, 0.3) is 11.1 Å². The molecule has 244 valence electrons. The zero-order chi connectivity index (χ0) is 32.6. The number of amidine groups is 1. The van der Waals surface area contributed by atoms with Crippen LogP contribution in [0.5, 0.6) is 0 Å². The van der Waals surface area contributed by atoms with Crippen molar-refractivity contribution in [3.8, 4) is 11.1 Å². The molecule has 2 aromatic carbocycles. The van der Waals surface area contributed by atoms with Crippen molar-refractivity contribution in [2.75, 3.05) is 11.3 Å². The molecule has 2 saturated carbocycles. The van der Waals surface area contributed by atoms with E-state index in [-0.39, 0.29) is 35.1 Å². The molecule has 2 aliphatic carbocycles. The normalized spacial score (nSPS) is 22.6. The van der Waals surface area contributed by atoms with E-state index in [1.807, 2.05) is 36.1 Å². The highest BCUT2D eigenvalue weighted by molar-refractivity contribution is 7.92. The summed E-state index contributed by atoms with van der Waals surface area (Å²) in [6, 6.07) is 12.7. The fourth-order valence-electron chi connectivity index (χ4n) is 7.25. The number of benzene rings is 2. The van der Waals surface area contributed by atoms with Gasteiger partial charge in [0.15, 0.2) is 5.82 Å². The number of aryl methyl sites for hydroxylation is 1. The van der Waals surface area contributed by atoms with Crippen molar-refractivity contribution in [3.63, 3.8) is 0 Å². The van der Waals surface area contributed by atoms with E-state index < -0.39 is 15.6 Å². The summed E-state index contributed by atoms with van der Waals surface area (Å²) in [6.07, 6.45) is 5.08. The first-order chi connectivity index (χ1) is 22.0. The molecule has 10 nitrogen and oxygen atoms in total. The van der Waals surface area contributed by atoms with Crippen molar-refractivity contribution in [1.29, 1.82) is 0 Å². The van der Waals surface area contributed by atoms with E-state index in [1.165, 1.54) is 0 Å². The smallest absolute Gasteiger partial charge is 0.263 e. The third-order valence-corrected chi connectivity index (χ3v) is 11.1. The van der Waals surface area contributed by atoms with Crippen LogP contribution in [-0.4, -0.2) is 48.1 Å². The first-order valence-electron chi connectivity index (χ1n) is 16.2. The zero-order valence-electron chi connectivity index (χ0n) is 27.0. The number of sulfonamides is 1. The molecule has 1 N–H and O–H groups in total. The molecule has 2 atom stereocenters. The summed E-state index contributed by atoms with van der Waals surface area (Å²) in [5.41, 5.74) is 2.85. The van der Waals surface area contributed by atoms with Gasteiger partial charge in [0, 0.05) is 37.0 Å². The first kappa shape index (κ1) is 32.1. The average Bonchev–Trinajstić information content (AvgIpc) is 3.72. The third-order valence-electron chi connectivity index (χ3n) is 9.72. The fraction of sp³-hybridized carbons (Fsp3) is 0.486. The van der Waals surface area contributed by atoms with Gasteiger partial charge in [-0.15, -0.1) is 0 Å². The molecular weight excluding hydrogens is 604 g/mol. The lowest BCUT2D eigenvalue weighted by atomic mass is 9.93. The predicted molar refractivity (Wildman–Crippen MR) is 175 cm³/mol. The Morgan fingerprint density at radius 1 is 1.04 bits per heavy atom. The van der Waals surface area contributed by atoms with Gasteiger partial charge in [-0.1, -0.05) is 54.9 Å². The van der Waals surface area contributed by atoms with E-state index in [0.717, 1.165) is 41.8 Å². The number of hydrogen-bond donors (Lipinski definition) is 1. The molecule has 1 amide bonds. The topological polar surface area (TPSA) is 131 Å². The molecule has 3 aliphatic rings. The van der Waals surface area contributed by atoms with Gasteiger partial charge in [-0.2, -0.15) is 0 Å². The summed E-state index contributed by atoms with van der Waals surface area (Å²) < 4.78 is 40.9. The van der Waals surface area contributed by atoms with Crippen LogP contribution in [0.2, 0.25) is 0 Å². The quantitative estimate of drug-likeness (QED) is 0.242. The Hall–Kier alpha value is -3.83. The van der Waals surface area contributed by atoms with Gasteiger partial charge in [-0.05, 0) is 74.6 Å². The highest BCUT2D eigenvalue weighted by atomic mass is 32.2. The van der Waals surface area contributed by atoms with Crippen molar-refractivity contribution in [1.82, 2.24) is 10.1 Å². The average molecular weight is 647 g/mol. The summed E-state index contributed by atoms with van der Waals surface area (Å²) in [7, 11) is -4.02. The van der Waals surface area contributed by atoms with Crippen LogP contribution in [0.3, 0.4) is 0 Å². The number of carbonyl (C=O) groups excluding carboxylic acids is 2. The minimum absolute atomic E-state index is 0.0387. The van der Waals surface area contributed by atoms with E-state index in [9.17, 15) is 18.0 Å². The number of amides is 1. The van der Waals surface area contributed by atoms with Gasteiger partial charge in [0.05, 0.1) is 18.0 Å². The lowest BCUT2D eigenvalue weighted by Crippen LogP contribution is -2.41. The van der Waals surface area contributed by atoms with Gasteiger partial charge < -0.3 is 9.26 Å². The Kier molecular flexibility index (Phi) is 8.91. The van der Waals surface area contributed by atoms with Crippen LogP contribution in [0.15, 0.2) is 56.9 Å². The number of anilines is 1. The number of hydrogen-bond acceptors (Lipinski definition) is 8. The second kappa shape index (κ2) is 12.8. The highest BCUT2D eigenvalue weighted by Gasteiger charge is 2.57. The molecule has 2 fully saturated rings. The summed E-state index contributed by atoms with van der Waals surface area (Å²) in [5.74, 6) is 2.35. The van der Waals surface area contributed by atoms with Crippen LogP contribution in [0, 0.1) is 25.7 Å². The molecule has 0 saturated heterocycles. The summed E-state index contributed by atoms with van der Waals surface area (Å²) in [6.45, 7) is 8.64. The molecule has 2 unspecified atom stereocenters. The second-order valence-corrected chi connectivity index (χ2v) is 14.5. The largest absolute Gasteiger partial charge is 0.377 e. The van der Waals surface area contributed by atoms with E-state index in [4.69, 9.17) is 14.3 Å². The van der Waals surface area contributed by atoms with Crippen LogP contribution in [0.1, 0.15) is 81.2 Å². The van der Waals surface area contributed by atoms with Crippen molar-refractivity contribution < 1.29 is 27.3 Å². The lowest BCUT2D eigenvalue weighted by molar-refractivity contribution is -0.132. The molecule has 1 aliphatic heterocycles. The molecule has 46 heavy (non-hydrogen) atoms. The number of ether oxygens (including phenoxy) is 1. The molecular formula is C35H42N4O6S. The van der Waals surface area contributed by atoms with Gasteiger partial charge in [0.2, 0.25) is 0 Å². The monoisotopic (exact) mass is 646 g/mol. The van der Waals surface area contributed by atoms with Gasteiger partial charge >= 0.3 is 0 Å². The lowest BCUT2D eigenvalue weighted by Gasteiger charge is -2.24. The van der Waals surface area contributed by atoms with E-state index in [1.54, 1.807) is 32.0 Å². The predicted octanol–water partition coefficient (Wildman–Crippen LogP) is 6.35. The van der Waals surface area contributed by atoms with Gasteiger partial charge in [0.1, 0.15) is 22.9 Å². The number of Topliss-reactive ketones (excluding diaryl/α,β-unsaturated/α-hetero) is 1. The standard InChI is InChI=1S/C35H42N4O6S/c1-5-7-12-32-36-35(18-25-16-28(40)17-26(25)19-35)34(41)39(32)20-24-13-14-29(27(15-24)21-44-6-2)30-10-8-9-11-31(30)46(42,43)38-33-22(3)23(4)45-37-33/h8-11,13-15,25-26H,5-7,12,16-21H2,1-4H3,(H,37,38). The van der Waals surface area contributed by atoms with Crippen LogP contribution < -0.4 is 4.72 Å². The van der Waals surface area contributed by atoms with Crippen molar-refractivity contribution >= 4 is 33.4 Å². The van der Waals surface area contributed by atoms with Crippen LogP contribution in [0.4, 0.5) is 5.82 Å². The molecule has 3 aromatic rings. The Balaban J connectivity index is 1.31. The number of unbranched alkanes of at least 4 members (excludes halogenated alkanes) is 1. The summed E-state index contributed by atoms with van der Waals surface area (Å²) >= 11 is 0. The fourth-order valence-corrected chi connectivity index (χ4v) is 8.53. The summed E-state index contributed by atoms with van der Waals surface area (Å²) in [4.78, 5) is 33.3. The van der Waals surface area contributed by atoms with Crippen molar-refractivity contribution in [2.24, 2.45) is 16.8 Å². The van der Waals surface area contributed by atoms with Crippen molar-refractivity contribution in [3.05, 3.63) is 64.9 Å². The maximum absolute atomic E-state index is 14.1. The Morgan fingerprint density at radius 3 is 2.46 bits per heavy atom. The van der Waals surface area contributed by atoms with Gasteiger partial charge in [-0.25, -0.2) is 8.42 Å². The highest BCUT2D eigenvalue weighted by Crippen LogP contribution is 2.52. The molecule has 0 bridgehead atoms. The van der Waals surface area contributed by atoms with E-state index in [0.29, 0.717) is 61.5 Å². The number of rotatable bonds is 12. The minimum Gasteiger partial charge on any atom is -0.377 e. The maximum atomic E-state index is 14.1. The Labute approximate surface area is 270 Å². The maximum Gasteiger partial charge on any atom is 0.263 e. The van der Waals surface area contributed by atoms with E-state index >= 15 is 0 Å². The Morgan fingerprint density at radius 2 is 1.78 bits per heavy atom. The van der Waals surface area contributed by atoms with E-state index in [2.05, 4.69) is 16.8 Å². The number of ketones is 1. The SMILES string of the molecule is CCCCC1=NC2(CC3CC(=O)CC3C2)C(=O)N1Cc1ccc(-c2ccccc2S(=O)(=O)Nc2noc(C)c2C)c(COCC)c1. The van der Waals surface area contributed by atoms with Crippen LogP contribution in [-0.2, 0) is 37.5 Å². The molecule has 2 heterocycles. The number of nitrogens with one attached hydrogen (secondary N) is 1. The number of carbonyl (C=O) groups is 2. The third kappa shape index (κ3) is 6.02. The molecule has 0 radical (unpaired) electrons.